The van der Waals surface area contributed by atoms with E-state index in [9.17, 15) is 13.2 Å². The molecular weight excluding hydrogens is 424 g/mol. The van der Waals surface area contributed by atoms with Crippen molar-refractivity contribution in [2.24, 2.45) is 0 Å². The molecule has 0 aliphatic heterocycles. The van der Waals surface area contributed by atoms with Crippen LogP contribution >= 0.6 is 27.3 Å². The summed E-state index contributed by atoms with van der Waals surface area (Å²) in [6.45, 7) is 0. The molecule has 3 rings (SSSR count). The third-order valence-corrected chi connectivity index (χ3v) is 6.57. The van der Waals surface area contributed by atoms with Crippen molar-refractivity contribution >= 4 is 54.6 Å². The molecule has 128 valence electrons. The van der Waals surface area contributed by atoms with Crippen LogP contribution in [0.1, 0.15) is 10.4 Å². The number of amides is 1. The Morgan fingerprint density at radius 2 is 1.56 bits per heavy atom. The van der Waals surface area contributed by atoms with Crippen molar-refractivity contribution < 1.29 is 13.2 Å². The van der Waals surface area contributed by atoms with Crippen molar-refractivity contribution in [3.8, 4) is 0 Å². The quantitative estimate of drug-likeness (QED) is 0.615. The van der Waals surface area contributed by atoms with E-state index in [1.54, 1.807) is 47.8 Å². The second-order valence-corrected chi connectivity index (χ2v) is 8.85. The van der Waals surface area contributed by atoms with Crippen molar-refractivity contribution in [1.82, 2.24) is 0 Å². The number of anilines is 2. The van der Waals surface area contributed by atoms with E-state index in [4.69, 9.17) is 0 Å². The summed E-state index contributed by atoms with van der Waals surface area (Å²) >= 11 is 4.48. The predicted molar refractivity (Wildman–Crippen MR) is 104 cm³/mol. The number of sulfonamides is 1. The fourth-order valence-electron chi connectivity index (χ4n) is 2.05. The largest absolute Gasteiger partial charge is 0.322 e. The van der Waals surface area contributed by atoms with Gasteiger partial charge in [-0.2, -0.15) is 0 Å². The van der Waals surface area contributed by atoms with E-state index < -0.39 is 10.0 Å². The number of benzene rings is 2. The topological polar surface area (TPSA) is 75.3 Å². The highest BCUT2D eigenvalue weighted by atomic mass is 79.9. The Morgan fingerprint density at radius 3 is 2.16 bits per heavy atom. The minimum Gasteiger partial charge on any atom is -0.322 e. The number of carbonyl (C=O) groups excluding carboxylic acids is 1. The number of hydrogen-bond donors (Lipinski definition) is 2. The molecule has 2 N–H and O–H groups in total. The minimum absolute atomic E-state index is 0.240. The average molecular weight is 437 g/mol. The predicted octanol–water partition coefficient (Wildman–Crippen LogP) is 4.56. The highest BCUT2D eigenvalue weighted by Gasteiger charge is 2.15. The first-order valence-electron chi connectivity index (χ1n) is 7.17. The van der Waals surface area contributed by atoms with Gasteiger partial charge in [0.1, 0.15) is 4.21 Å². The van der Waals surface area contributed by atoms with Crippen LogP contribution in [0.15, 0.2) is 74.7 Å². The fraction of sp³-hybridized carbons (Fsp3) is 0. The van der Waals surface area contributed by atoms with Gasteiger partial charge < -0.3 is 5.32 Å². The van der Waals surface area contributed by atoms with Gasteiger partial charge in [-0.3, -0.25) is 9.52 Å². The number of hydrogen-bond acceptors (Lipinski definition) is 4. The molecule has 0 bridgehead atoms. The SMILES string of the molecule is O=C(Nc1ccc(Br)cc1)c1ccc(NS(=O)(=O)c2cccs2)cc1. The molecular formula is C17H13BrN2O3S2. The highest BCUT2D eigenvalue weighted by Crippen LogP contribution is 2.21. The summed E-state index contributed by atoms with van der Waals surface area (Å²) < 4.78 is 28.0. The van der Waals surface area contributed by atoms with Gasteiger partial charge in [-0.1, -0.05) is 22.0 Å². The number of rotatable bonds is 5. The highest BCUT2D eigenvalue weighted by molar-refractivity contribution is 9.10. The van der Waals surface area contributed by atoms with E-state index in [-0.39, 0.29) is 10.1 Å². The van der Waals surface area contributed by atoms with Crippen LogP contribution in [0.3, 0.4) is 0 Å². The van der Waals surface area contributed by atoms with Crippen LogP contribution in [0, 0.1) is 0 Å². The van der Waals surface area contributed by atoms with Crippen LogP contribution in [-0.2, 0) is 10.0 Å². The normalized spacial score (nSPS) is 11.1. The summed E-state index contributed by atoms with van der Waals surface area (Å²) in [5, 5.41) is 4.48. The molecule has 2 aromatic carbocycles. The van der Waals surface area contributed by atoms with Gasteiger partial charge in [0.15, 0.2) is 0 Å². The molecule has 5 nitrogen and oxygen atoms in total. The zero-order valence-electron chi connectivity index (χ0n) is 12.8. The molecule has 0 unspecified atom stereocenters. The molecule has 1 heterocycles. The van der Waals surface area contributed by atoms with Gasteiger partial charge in [0.25, 0.3) is 15.9 Å². The van der Waals surface area contributed by atoms with Gasteiger partial charge in [-0.05, 0) is 60.0 Å². The smallest absolute Gasteiger partial charge is 0.271 e. The molecule has 0 radical (unpaired) electrons. The van der Waals surface area contributed by atoms with Crippen LogP contribution in [0.5, 0.6) is 0 Å². The summed E-state index contributed by atoms with van der Waals surface area (Å²) in [7, 11) is -3.59. The summed E-state index contributed by atoms with van der Waals surface area (Å²) in [6, 6.07) is 16.7. The Hall–Kier alpha value is -2.16. The van der Waals surface area contributed by atoms with Crippen LogP contribution < -0.4 is 10.0 Å². The number of halogens is 1. The third kappa shape index (κ3) is 4.47. The Bertz CT molecular complexity index is 968. The molecule has 0 aliphatic carbocycles. The maximum atomic E-state index is 12.2. The molecule has 1 amide bonds. The summed E-state index contributed by atoms with van der Waals surface area (Å²) in [4.78, 5) is 12.2. The Morgan fingerprint density at radius 1 is 0.920 bits per heavy atom. The summed E-state index contributed by atoms with van der Waals surface area (Å²) in [5.74, 6) is -0.269. The van der Waals surface area contributed by atoms with Crippen LogP contribution in [0.25, 0.3) is 0 Å². The van der Waals surface area contributed by atoms with Crippen molar-refractivity contribution in [3.63, 3.8) is 0 Å². The van der Waals surface area contributed by atoms with Crippen molar-refractivity contribution in [2.75, 3.05) is 10.0 Å². The third-order valence-electron chi connectivity index (χ3n) is 3.26. The van der Waals surface area contributed by atoms with Gasteiger partial charge >= 0.3 is 0 Å². The molecule has 0 aliphatic rings. The van der Waals surface area contributed by atoms with E-state index >= 15 is 0 Å². The van der Waals surface area contributed by atoms with Crippen LogP contribution in [-0.4, -0.2) is 14.3 Å². The van der Waals surface area contributed by atoms with E-state index in [1.165, 1.54) is 6.07 Å². The van der Waals surface area contributed by atoms with Gasteiger partial charge in [-0.25, -0.2) is 8.42 Å². The van der Waals surface area contributed by atoms with E-state index in [1.807, 2.05) is 12.1 Å². The molecule has 0 spiro atoms. The minimum atomic E-state index is -3.59. The number of nitrogens with one attached hydrogen (secondary N) is 2. The lowest BCUT2D eigenvalue weighted by Gasteiger charge is -2.08. The zero-order valence-corrected chi connectivity index (χ0v) is 16.0. The maximum absolute atomic E-state index is 12.2. The Labute approximate surface area is 157 Å². The van der Waals surface area contributed by atoms with Gasteiger partial charge in [0.2, 0.25) is 0 Å². The van der Waals surface area contributed by atoms with E-state index in [2.05, 4.69) is 26.0 Å². The lowest BCUT2D eigenvalue weighted by molar-refractivity contribution is 0.102. The zero-order chi connectivity index (χ0) is 17.9. The monoisotopic (exact) mass is 436 g/mol. The number of carbonyl (C=O) groups is 1. The molecule has 8 heteroatoms. The molecule has 25 heavy (non-hydrogen) atoms. The first kappa shape index (κ1) is 17.7. The maximum Gasteiger partial charge on any atom is 0.271 e. The molecule has 1 aromatic heterocycles. The van der Waals surface area contributed by atoms with Gasteiger partial charge in [-0.15, -0.1) is 11.3 Å². The van der Waals surface area contributed by atoms with Crippen LogP contribution in [0.4, 0.5) is 11.4 Å². The van der Waals surface area contributed by atoms with E-state index in [0.29, 0.717) is 16.9 Å². The summed E-state index contributed by atoms with van der Waals surface area (Å²) in [6.07, 6.45) is 0. The lowest BCUT2D eigenvalue weighted by Crippen LogP contribution is -2.13. The number of thiophene rings is 1. The van der Waals surface area contributed by atoms with Gasteiger partial charge in [0, 0.05) is 21.4 Å². The van der Waals surface area contributed by atoms with Gasteiger partial charge in [0.05, 0.1) is 0 Å². The summed E-state index contributed by atoms with van der Waals surface area (Å²) in [5.41, 5.74) is 1.51. The molecule has 0 atom stereocenters. The first-order valence-corrected chi connectivity index (χ1v) is 10.3. The first-order chi connectivity index (χ1) is 11.9. The molecule has 0 saturated carbocycles. The lowest BCUT2D eigenvalue weighted by atomic mass is 10.2. The molecule has 3 aromatic rings. The molecule has 0 fully saturated rings. The second-order valence-electron chi connectivity index (χ2n) is 5.08. The Kier molecular flexibility index (Phi) is 5.22. The molecule has 0 saturated heterocycles. The van der Waals surface area contributed by atoms with Crippen molar-refractivity contribution in [3.05, 3.63) is 76.1 Å². The van der Waals surface area contributed by atoms with E-state index in [0.717, 1.165) is 15.8 Å². The van der Waals surface area contributed by atoms with Crippen LogP contribution in [0.2, 0.25) is 0 Å². The fourth-order valence-corrected chi connectivity index (χ4v) is 4.36. The standard InChI is InChI=1S/C17H13BrN2O3S2/c18-13-5-9-14(10-6-13)19-17(21)12-3-7-15(8-4-12)20-25(22,23)16-2-1-11-24-16/h1-11,20H,(H,19,21). The van der Waals surface area contributed by atoms with Crippen molar-refractivity contribution in [1.29, 1.82) is 0 Å². The second kappa shape index (κ2) is 7.38. The Balaban J connectivity index is 1.69. The average Bonchev–Trinajstić information content (AvgIpc) is 3.13. The van der Waals surface area contributed by atoms with Crippen molar-refractivity contribution in [2.45, 2.75) is 4.21 Å².